The molecular weight excluding hydrogens is 234 g/mol. The summed E-state index contributed by atoms with van der Waals surface area (Å²) in [5.41, 5.74) is 0. The molecule has 0 aliphatic heterocycles. The largest absolute Gasteiger partial charge is 0.474 e. The van der Waals surface area contributed by atoms with Crippen LogP contribution in [0.4, 0.5) is 5.95 Å². The van der Waals surface area contributed by atoms with Crippen molar-refractivity contribution in [2.24, 2.45) is 0 Å². The van der Waals surface area contributed by atoms with Crippen molar-refractivity contribution < 1.29 is 4.74 Å². The molecule has 0 amide bonds. The molecule has 2 aromatic rings. The molecule has 0 aliphatic rings. The van der Waals surface area contributed by atoms with Gasteiger partial charge in [-0.2, -0.15) is 4.98 Å². The van der Waals surface area contributed by atoms with Crippen molar-refractivity contribution >= 4 is 27.5 Å². The summed E-state index contributed by atoms with van der Waals surface area (Å²) >= 11 is 1.66. The molecule has 0 saturated heterocycles. The van der Waals surface area contributed by atoms with Gasteiger partial charge in [-0.15, -0.1) is 11.3 Å². The van der Waals surface area contributed by atoms with E-state index in [1.807, 2.05) is 14.0 Å². The fraction of sp³-hybridized carbons (Fsp3) is 0.500. The molecule has 0 spiro atoms. The highest BCUT2D eigenvalue weighted by Gasteiger charge is 2.13. The van der Waals surface area contributed by atoms with Crippen molar-refractivity contribution in [2.45, 2.75) is 33.3 Å². The Bertz CT molecular complexity index is 524. The minimum absolute atomic E-state index is 0.165. The van der Waals surface area contributed by atoms with Crippen LogP contribution in [0, 0.1) is 6.92 Å². The Morgan fingerprint density at radius 2 is 2.24 bits per heavy atom. The first-order chi connectivity index (χ1) is 8.13. The first kappa shape index (κ1) is 12.1. The molecule has 17 heavy (non-hydrogen) atoms. The number of thiophene rings is 1. The van der Waals surface area contributed by atoms with Crippen LogP contribution in [-0.4, -0.2) is 23.1 Å². The standard InChI is InChI=1S/C12H17N3OS/c1-5-7(2)16-10-9-6-8(3)17-11(9)15-12(13-4)14-10/h6-7H,5H2,1-4H3,(H,13,14,15). The van der Waals surface area contributed by atoms with Crippen molar-refractivity contribution in [1.29, 1.82) is 0 Å². The van der Waals surface area contributed by atoms with Gasteiger partial charge in [0.05, 0.1) is 11.5 Å². The molecule has 2 aromatic heterocycles. The smallest absolute Gasteiger partial charge is 0.227 e. The maximum atomic E-state index is 5.85. The van der Waals surface area contributed by atoms with Crippen LogP contribution >= 0.6 is 11.3 Å². The molecule has 0 bridgehead atoms. The molecule has 1 unspecified atom stereocenters. The first-order valence-electron chi connectivity index (χ1n) is 5.76. The van der Waals surface area contributed by atoms with Crippen LogP contribution in [0.25, 0.3) is 10.2 Å². The lowest BCUT2D eigenvalue weighted by Gasteiger charge is -2.12. The molecule has 0 aromatic carbocycles. The Morgan fingerprint density at radius 1 is 1.47 bits per heavy atom. The summed E-state index contributed by atoms with van der Waals surface area (Å²) in [6, 6.07) is 2.08. The molecule has 1 N–H and O–H groups in total. The van der Waals surface area contributed by atoms with Gasteiger partial charge in [-0.05, 0) is 26.3 Å². The minimum Gasteiger partial charge on any atom is -0.474 e. The Kier molecular flexibility index (Phi) is 3.47. The molecule has 2 heterocycles. The van der Waals surface area contributed by atoms with Gasteiger partial charge in [0.25, 0.3) is 0 Å². The lowest BCUT2D eigenvalue weighted by molar-refractivity contribution is 0.212. The molecule has 5 heteroatoms. The van der Waals surface area contributed by atoms with Crippen LogP contribution < -0.4 is 10.1 Å². The second kappa shape index (κ2) is 4.87. The summed E-state index contributed by atoms with van der Waals surface area (Å²) in [5.74, 6) is 1.29. The SMILES string of the molecule is CCC(C)Oc1nc(NC)nc2sc(C)cc12. The Hall–Kier alpha value is -1.36. The van der Waals surface area contributed by atoms with Crippen molar-refractivity contribution in [3.63, 3.8) is 0 Å². The van der Waals surface area contributed by atoms with Gasteiger partial charge in [-0.25, -0.2) is 4.98 Å². The number of aryl methyl sites for hydroxylation is 1. The quantitative estimate of drug-likeness (QED) is 0.906. The van der Waals surface area contributed by atoms with Gasteiger partial charge in [0.15, 0.2) is 0 Å². The van der Waals surface area contributed by atoms with E-state index in [0.717, 1.165) is 16.6 Å². The molecule has 0 fully saturated rings. The first-order valence-corrected chi connectivity index (χ1v) is 6.58. The number of aromatic nitrogens is 2. The topological polar surface area (TPSA) is 47.0 Å². The van der Waals surface area contributed by atoms with E-state index >= 15 is 0 Å². The van der Waals surface area contributed by atoms with E-state index in [4.69, 9.17) is 4.74 Å². The third kappa shape index (κ3) is 2.49. The highest BCUT2D eigenvalue weighted by atomic mass is 32.1. The van der Waals surface area contributed by atoms with Crippen LogP contribution in [-0.2, 0) is 0 Å². The Balaban J connectivity index is 2.50. The molecule has 4 nitrogen and oxygen atoms in total. The van der Waals surface area contributed by atoms with Crippen molar-refractivity contribution in [3.05, 3.63) is 10.9 Å². The summed E-state index contributed by atoms with van der Waals surface area (Å²) in [6.45, 7) is 6.21. The number of nitrogens with zero attached hydrogens (tertiary/aromatic N) is 2. The van der Waals surface area contributed by atoms with E-state index < -0.39 is 0 Å². The van der Waals surface area contributed by atoms with E-state index in [1.165, 1.54) is 4.88 Å². The summed E-state index contributed by atoms with van der Waals surface area (Å²) in [5, 5.41) is 3.97. The van der Waals surface area contributed by atoms with Crippen LogP contribution in [0.1, 0.15) is 25.1 Å². The number of hydrogen-bond donors (Lipinski definition) is 1. The molecule has 0 aliphatic carbocycles. The molecule has 0 saturated carbocycles. The van der Waals surface area contributed by atoms with Crippen molar-refractivity contribution in [3.8, 4) is 5.88 Å². The van der Waals surface area contributed by atoms with E-state index in [-0.39, 0.29) is 6.10 Å². The highest BCUT2D eigenvalue weighted by molar-refractivity contribution is 7.18. The number of anilines is 1. The van der Waals surface area contributed by atoms with Crippen molar-refractivity contribution in [1.82, 2.24) is 9.97 Å². The monoisotopic (exact) mass is 251 g/mol. The Labute approximate surface area is 105 Å². The molecule has 0 radical (unpaired) electrons. The number of hydrogen-bond acceptors (Lipinski definition) is 5. The summed E-state index contributed by atoms with van der Waals surface area (Å²) in [6.07, 6.45) is 1.13. The number of fused-ring (bicyclic) bond motifs is 1. The fourth-order valence-corrected chi connectivity index (χ4v) is 2.36. The molecule has 2 rings (SSSR count). The normalized spacial score (nSPS) is 12.7. The second-order valence-electron chi connectivity index (χ2n) is 4.01. The number of ether oxygens (including phenoxy) is 1. The van der Waals surface area contributed by atoms with Crippen LogP contribution in [0.3, 0.4) is 0 Å². The molecule has 1 atom stereocenters. The van der Waals surface area contributed by atoms with Gasteiger partial charge in [-0.3, -0.25) is 0 Å². The zero-order valence-electron chi connectivity index (χ0n) is 10.6. The third-order valence-corrected chi connectivity index (χ3v) is 3.54. The van der Waals surface area contributed by atoms with Crippen LogP contribution in [0.5, 0.6) is 5.88 Å². The predicted octanol–water partition coefficient (Wildman–Crippen LogP) is 3.22. The van der Waals surface area contributed by atoms with Gasteiger partial charge in [-0.1, -0.05) is 6.92 Å². The summed E-state index contributed by atoms with van der Waals surface area (Å²) in [7, 11) is 1.81. The van der Waals surface area contributed by atoms with Gasteiger partial charge in [0, 0.05) is 11.9 Å². The second-order valence-corrected chi connectivity index (χ2v) is 5.25. The average Bonchev–Trinajstić information content (AvgIpc) is 2.69. The van der Waals surface area contributed by atoms with Gasteiger partial charge in [0.2, 0.25) is 11.8 Å². The number of nitrogens with one attached hydrogen (secondary N) is 1. The fourth-order valence-electron chi connectivity index (χ4n) is 1.49. The van der Waals surface area contributed by atoms with Crippen LogP contribution in [0.2, 0.25) is 0 Å². The third-order valence-electron chi connectivity index (χ3n) is 2.59. The van der Waals surface area contributed by atoms with Gasteiger partial charge >= 0.3 is 0 Å². The van der Waals surface area contributed by atoms with E-state index in [0.29, 0.717) is 11.8 Å². The highest BCUT2D eigenvalue weighted by Crippen LogP contribution is 2.31. The minimum atomic E-state index is 0.165. The van der Waals surface area contributed by atoms with E-state index in [2.05, 4.69) is 35.2 Å². The number of rotatable bonds is 4. The average molecular weight is 251 g/mol. The molecular formula is C12H17N3OS. The van der Waals surface area contributed by atoms with E-state index in [1.54, 1.807) is 11.3 Å². The zero-order chi connectivity index (χ0) is 12.4. The van der Waals surface area contributed by atoms with Gasteiger partial charge in [0.1, 0.15) is 4.83 Å². The van der Waals surface area contributed by atoms with Crippen molar-refractivity contribution in [2.75, 3.05) is 12.4 Å². The summed E-state index contributed by atoms with van der Waals surface area (Å²) < 4.78 is 5.85. The lowest BCUT2D eigenvalue weighted by atomic mass is 10.3. The maximum absolute atomic E-state index is 5.85. The molecule has 92 valence electrons. The lowest BCUT2D eigenvalue weighted by Crippen LogP contribution is -2.11. The summed E-state index contributed by atoms with van der Waals surface area (Å²) in [4.78, 5) is 11.0. The predicted molar refractivity (Wildman–Crippen MR) is 72.1 cm³/mol. The van der Waals surface area contributed by atoms with Gasteiger partial charge < -0.3 is 10.1 Å². The zero-order valence-corrected chi connectivity index (χ0v) is 11.4. The Morgan fingerprint density at radius 3 is 2.88 bits per heavy atom. The van der Waals surface area contributed by atoms with E-state index in [9.17, 15) is 0 Å². The van der Waals surface area contributed by atoms with Crippen LogP contribution in [0.15, 0.2) is 6.07 Å². The maximum Gasteiger partial charge on any atom is 0.227 e.